The van der Waals surface area contributed by atoms with Crippen LogP contribution in [0.5, 0.6) is 5.75 Å². The maximum absolute atomic E-state index is 5.68. The number of ether oxygens (including phenoxy) is 1. The summed E-state index contributed by atoms with van der Waals surface area (Å²) in [4.78, 5) is 13.6. The van der Waals surface area contributed by atoms with Gasteiger partial charge in [0.1, 0.15) is 17.3 Å². The Morgan fingerprint density at radius 2 is 1.79 bits per heavy atom. The Morgan fingerprint density at radius 3 is 2.38 bits per heavy atom. The number of nitrogens with zero attached hydrogens (tertiary/aromatic N) is 7. The van der Waals surface area contributed by atoms with Crippen LogP contribution < -0.4 is 14.5 Å². The summed E-state index contributed by atoms with van der Waals surface area (Å²) in [5.74, 6) is 2.21. The van der Waals surface area contributed by atoms with Gasteiger partial charge in [0.25, 0.3) is 0 Å². The molecule has 0 aliphatic rings. The van der Waals surface area contributed by atoms with Crippen LogP contribution in [-0.2, 0) is 0 Å². The van der Waals surface area contributed by atoms with Gasteiger partial charge in [0, 0.05) is 43.4 Å². The highest BCUT2D eigenvalue weighted by Crippen LogP contribution is 2.36. The molecule has 0 atom stereocenters. The molecule has 3 rings (SSSR count). The van der Waals surface area contributed by atoms with Crippen LogP contribution in [0.25, 0.3) is 16.9 Å². The highest BCUT2D eigenvalue weighted by Gasteiger charge is 2.22. The first-order valence-corrected chi connectivity index (χ1v) is 10.6. The van der Waals surface area contributed by atoms with Crippen LogP contribution in [0.15, 0.2) is 16.6 Å². The fourth-order valence-corrected chi connectivity index (χ4v) is 3.92. The Labute approximate surface area is 180 Å². The van der Waals surface area contributed by atoms with Crippen molar-refractivity contribution in [2.75, 3.05) is 44.1 Å². The van der Waals surface area contributed by atoms with Crippen LogP contribution in [0, 0.1) is 6.92 Å². The standard InChI is InChI=1S/C20H28BrN7O/c1-7-9-27(10-8-2)19-17-20(23-13(3)22-19)28(25-24-17)18-15(21)11-14(26(4)5)12-16(18)29-6/h11-12H,7-10H2,1-6H3. The number of aromatic nitrogens is 5. The lowest BCUT2D eigenvalue weighted by molar-refractivity contribution is 0.411. The second-order valence-electron chi connectivity index (χ2n) is 7.13. The Kier molecular flexibility index (Phi) is 6.56. The third-order valence-electron chi connectivity index (χ3n) is 4.64. The molecule has 0 radical (unpaired) electrons. The molecule has 9 heteroatoms. The number of aryl methyl sites for hydroxylation is 1. The van der Waals surface area contributed by atoms with Crippen LogP contribution in [0.3, 0.4) is 0 Å². The number of halogens is 1. The van der Waals surface area contributed by atoms with Gasteiger partial charge in [-0.25, -0.2) is 9.97 Å². The van der Waals surface area contributed by atoms with Gasteiger partial charge in [-0.05, 0) is 41.8 Å². The molecule has 156 valence electrons. The number of hydrogen-bond donors (Lipinski definition) is 0. The van der Waals surface area contributed by atoms with Crippen LogP contribution in [0.1, 0.15) is 32.5 Å². The molecular formula is C20H28BrN7O. The zero-order valence-electron chi connectivity index (χ0n) is 17.9. The highest BCUT2D eigenvalue weighted by molar-refractivity contribution is 9.10. The topological polar surface area (TPSA) is 72.2 Å². The summed E-state index contributed by atoms with van der Waals surface area (Å²) in [7, 11) is 5.63. The Balaban J connectivity index is 2.23. The highest BCUT2D eigenvalue weighted by atomic mass is 79.9. The van der Waals surface area contributed by atoms with Gasteiger partial charge in [0.15, 0.2) is 17.0 Å². The average molecular weight is 462 g/mol. The Morgan fingerprint density at radius 1 is 1.10 bits per heavy atom. The van der Waals surface area contributed by atoms with E-state index in [1.807, 2.05) is 38.1 Å². The van der Waals surface area contributed by atoms with Gasteiger partial charge in [-0.15, -0.1) is 5.10 Å². The Bertz CT molecular complexity index is 996. The summed E-state index contributed by atoms with van der Waals surface area (Å²) in [6.07, 6.45) is 2.06. The molecular weight excluding hydrogens is 434 g/mol. The fraction of sp³-hybridized carbons (Fsp3) is 0.500. The van der Waals surface area contributed by atoms with Crippen molar-refractivity contribution in [2.45, 2.75) is 33.6 Å². The third kappa shape index (κ3) is 4.14. The Hall–Kier alpha value is -2.42. The van der Waals surface area contributed by atoms with Crippen molar-refractivity contribution in [2.24, 2.45) is 0 Å². The van der Waals surface area contributed by atoms with Crippen molar-refractivity contribution in [3.8, 4) is 11.4 Å². The lowest BCUT2D eigenvalue weighted by Gasteiger charge is -2.22. The molecule has 0 fully saturated rings. The minimum atomic E-state index is 0.668. The average Bonchev–Trinajstić information content (AvgIpc) is 3.09. The van der Waals surface area contributed by atoms with E-state index in [4.69, 9.17) is 9.72 Å². The number of hydrogen-bond acceptors (Lipinski definition) is 7. The summed E-state index contributed by atoms with van der Waals surface area (Å²) < 4.78 is 8.25. The summed E-state index contributed by atoms with van der Waals surface area (Å²) >= 11 is 3.68. The molecule has 0 aliphatic carbocycles. The zero-order chi connectivity index (χ0) is 21.1. The number of anilines is 2. The molecule has 3 aromatic rings. The first-order valence-electron chi connectivity index (χ1n) is 9.81. The van der Waals surface area contributed by atoms with Crippen molar-refractivity contribution < 1.29 is 4.74 Å². The van der Waals surface area contributed by atoms with E-state index in [0.29, 0.717) is 22.7 Å². The number of fused-ring (bicyclic) bond motifs is 1. The molecule has 0 unspecified atom stereocenters. The first kappa shape index (κ1) is 21.3. The van der Waals surface area contributed by atoms with Crippen molar-refractivity contribution >= 4 is 38.6 Å². The van der Waals surface area contributed by atoms with Gasteiger partial charge < -0.3 is 14.5 Å². The lowest BCUT2D eigenvalue weighted by Crippen LogP contribution is -2.26. The van der Waals surface area contributed by atoms with Gasteiger partial charge in [-0.2, -0.15) is 4.68 Å². The van der Waals surface area contributed by atoms with E-state index >= 15 is 0 Å². The molecule has 0 aliphatic heterocycles. The molecule has 0 amide bonds. The second-order valence-corrected chi connectivity index (χ2v) is 7.98. The summed E-state index contributed by atoms with van der Waals surface area (Å²) in [6.45, 7) is 8.06. The van der Waals surface area contributed by atoms with Crippen molar-refractivity contribution in [3.05, 3.63) is 22.4 Å². The van der Waals surface area contributed by atoms with E-state index in [-0.39, 0.29) is 0 Å². The van der Waals surface area contributed by atoms with Crippen molar-refractivity contribution in [1.29, 1.82) is 0 Å². The lowest BCUT2D eigenvalue weighted by atomic mass is 10.2. The molecule has 8 nitrogen and oxygen atoms in total. The quantitative estimate of drug-likeness (QED) is 0.502. The maximum atomic E-state index is 5.68. The van der Waals surface area contributed by atoms with Crippen LogP contribution in [0.2, 0.25) is 0 Å². The molecule has 0 spiro atoms. The number of benzene rings is 1. The summed E-state index contributed by atoms with van der Waals surface area (Å²) in [5, 5.41) is 8.88. The van der Waals surface area contributed by atoms with E-state index < -0.39 is 0 Å². The van der Waals surface area contributed by atoms with Crippen molar-refractivity contribution in [3.63, 3.8) is 0 Å². The monoisotopic (exact) mass is 461 g/mol. The number of methoxy groups -OCH3 is 1. The van der Waals surface area contributed by atoms with E-state index in [0.717, 1.165) is 47.6 Å². The molecule has 0 N–H and O–H groups in total. The molecule has 2 heterocycles. The van der Waals surface area contributed by atoms with Crippen molar-refractivity contribution in [1.82, 2.24) is 25.0 Å². The van der Waals surface area contributed by atoms with Gasteiger partial charge in [0.05, 0.1) is 7.11 Å². The van der Waals surface area contributed by atoms with Crippen LogP contribution in [0.4, 0.5) is 11.5 Å². The van der Waals surface area contributed by atoms with Gasteiger partial charge in [0.2, 0.25) is 0 Å². The van der Waals surface area contributed by atoms with Gasteiger partial charge in [-0.3, -0.25) is 0 Å². The molecule has 0 bridgehead atoms. The fourth-order valence-electron chi connectivity index (χ4n) is 3.32. The maximum Gasteiger partial charge on any atom is 0.189 e. The minimum Gasteiger partial charge on any atom is -0.494 e. The predicted molar refractivity (Wildman–Crippen MR) is 121 cm³/mol. The third-order valence-corrected chi connectivity index (χ3v) is 5.25. The molecule has 29 heavy (non-hydrogen) atoms. The summed E-state index contributed by atoms with van der Waals surface area (Å²) in [5.41, 5.74) is 3.15. The predicted octanol–water partition coefficient (Wildman–Crippen LogP) is 3.98. The summed E-state index contributed by atoms with van der Waals surface area (Å²) in [6, 6.07) is 4.00. The molecule has 0 saturated heterocycles. The van der Waals surface area contributed by atoms with E-state index in [9.17, 15) is 0 Å². The normalized spacial score (nSPS) is 11.1. The van der Waals surface area contributed by atoms with E-state index in [1.165, 1.54) is 0 Å². The van der Waals surface area contributed by atoms with Gasteiger partial charge in [-0.1, -0.05) is 19.1 Å². The minimum absolute atomic E-state index is 0.668. The van der Waals surface area contributed by atoms with E-state index in [2.05, 4.69) is 50.0 Å². The van der Waals surface area contributed by atoms with E-state index in [1.54, 1.807) is 11.8 Å². The molecule has 0 saturated carbocycles. The number of rotatable bonds is 8. The smallest absolute Gasteiger partial charge is 0.189 e. The largest absolute Gasteiger partial charge is 0.494 e. The SMILES string of the molecule is CCCN(CCC)c1nc(C)nc2c1nnn2-c1c(Br)cc(N(C)C)cc1OC. The van der Waals surface area contributed by atoms with Gasteiger partial charge >= 0.3 is 0 Å². The zero-order valence-corrected chi connectivity index (χ0v) is 19.5. The second kappa shape index (κ2) is 8.94. The van der Waals surface area contributed by atoms with Crippen LogP contribution >= 0.6 is 15.9 Å². The van der Waals surface area contributed by atoms with Crippen LogP contribution in [-0.4, -0.2) is 59.3 Å². The first-order chi connectivity index (χ1) is 13.9. The molecule has 1 aromatic carbocycles. The molecule has 2 aromatic heterocycles.